The minimum atomic E-state index is -0.330. The van der Waals surface area contributed by atoms with Crippen molar-refractivity contribution in [2.24, 2.45) is 5.73 Å². The maximum absolute atomic E-state index is 13.3. The summed E-state index contributed by atoms with van der Waals surface area (Å²) in [7, 11) is 0. The van der Waals surface area contributed by atoms with E-state index < -0.39 is 0 Å². The Hall–Kier alpha value is -1.78. The third-order valence-electron chi connectivity index (χ3n) is 3.27. The van der Waals surface area contributed by atoms with Gasteiger partial charge in [0.15, 0.2) is 0 Å². The van der Waals surface area contributed by atoms with Crippen LogP contribution in [0.3, 0.4) is 0 Å². The van der Waals surface area contributed by atoms with E-state index in [1.807, 2.05) is 30.3 Å². The second-order valence-electron chi connectivity index (χ2n) is 4.61. The van der Waals surface area contributed by atoms with Crippen LogP contribution in [-0.2, 0) is 0 Å². The van der Waals surface area contributed by atoms with Crippen molar-refractivity contribution < 1.29 is 4.39 Å². The molecule has 3 rings (SSSR count). The van der Waals surface area contributed by atoms with Crippen molar-refractivity contribution in [3.05, 3.63) is 76.1 Å². The molecule has 4 heteroatoms. The van der Waals surface area contributed by atoms with Gasteiger partial charge < -0.3 is 5.73 Å². The van der Waals surface area contributed by atoms with E-state index in [-0.39, 0.29) is 11.9 Å². The Labute approximate surface area is 124 Å². The van der Waals surface area contributed by atoms with Crippen LogP contribution < -0.4 is 5.73 Å². The number of pyridine rings is 1. The Bertz CT molecular complexity index is 773. The van der Waals surface area contributed by atoms with E-state index in [0.29, 0.717) is 4.47 Å². The third kappa shape index (κ3) is 2.44. The van der Waals surface area contributed by atoms with E-state index in [1.54, 1.807) is 18.3 Å². The number of hydrogen-bond acceptors (Lipinski definition) is 2. The van der Waals surface area contributed by atoms with Crippen molar-refractivity contribution in [3.8, 4) is 0 Å². The van der Waals surface area contributed by atoms with Crippen LogP contribution in [0.15, 0.2) is 59.2 Å². The van der Waals surface area contributed by atoms with Gasteiger partial charge in [-0.1, -0.05) is 24.3 Å². The number of para-hydroxylation sites is 1. The molecule has 1 unspecified atom stereocenters. The molecule has 1 atom stereocenters. The molecule has 1 heterocycles. The number of fused-ring (bicyclic) bond motifs is 1. The standard InChI is InChI=1S/C16H12BrFN2/c17-13-8-11(5-6-14(13)18)16(19)12-7-10-3-1-2-4-15(10)20-9-12/h1-9,16H,19H2. The van der Waals surface area contributed by atoms with Gasteiger partial charge in [0.2, 0.25) is 0 Å². The lowest BCUT2D eigenvalue weighted by Crippen LogP contribution is -2.12. The van der Waals surface area contributed by atoms with Crippen LogP contribution in [-0.4, -0.2) is 4.98 Å². The largest absolute Gasteiger partial charge is 0.320 e. The van der Waals surface area contributed by atoms with Crippen molar-refractivity contribution >= 4 is 26.8 Å². The third-order valence-corrected chi connectivity index (χ3v) is 3.88. The fourth-order valence-corrected chi connectivity index (χ4v) is 2.55. The molecule has 0 radical (unpaired) electrons. The van der Waals surface area contributed by atoms with Gasteiger partial charge in [-0.05, 0) is 51.3 Å². The second kappa shape index (κ2) is 5.31. The van der Waals surface area contributed by atoms with Crippen LogP contribution >= 0.6 is 15.9 Å². The van der Waals surface area contributed by atoms with Gasteiger partial charge in [-0.2, -0.15) is 0 Å². The SMILES string of the molecule is NC(c1ccc(F)c(Br)c1)c1cnc2ccccc2c1. The molecule has 1 aromatic heterocycles. The van der Waals surface area contributed by atoms with Crippen LogP contribution in [0.5, 0.6) is 0 Å². The number of nitrogens with two attached hydrogens (primary N) is 1. The van der Waals surface area contributed by atoms with E-state index >= 15 is 0 Å². The number of benzene rings is 2. The summed E-state index contributed by atoms with van der Waals surface area (Å²) in [6, 6.07) is 14.4. The highest BCUT2D eigenvalue weighted by Gasteiger charge is 2.12. The zero-order valence-electron chi connectivity index (χ0n) is 10.6. The molecule has 2 N–H and O–H groups in total. The lowest BCUT2D eigenvalue weighted by molar-refractivity contribution is 0.619. The fraction of sp³-hybridized carbons (Fsp3) is 0.0625. The Morgan fingerprint density at radius 3 is 2.65 bits per heavy atom. The van der Waals surface area contributed by atoms with Crippen LogP contribution in [0.1, 0.15) is 17.2 Å². The zero-order chi connectivity index (χ0) is 14.1. The monoisotopic (exact) mass is 330 g/mol. The number of rotatable bonds is 2. The fourth-order valence-electron chi connectivity index (χ4n) is 2.16. The molecule has 100 valence electrons. The van der Waals surface area contributed by atoms with Gasteiger partial charge >= 0.3 is 0 Å². The molecule has 0 saturated carbocycles. The summed E-state index contributed by atoms with van der Waals surface area (Å²) in [5.41, 5.74) is 8.92. The predicted octanol–water partition coefficient (Wildman–Crippen LogP) is 4.18. The highest BCUT2D eigenvalue weighted by molar-refractivity contribution is 9.10. The first-order valence-corrected chi connectivity index (χ1v) is 6.99. The molecule has 20 heavy (non-hydrogen) atoms. The summed E-state index contributed by atoms with van der Waals surface area (Å²) in [6.45, 7) is 0. The van der Waals surface area contributed by atoms with Gasteiger partial charge in [-0.15, -0.1) is 0 Å². The highest BCUT2D eigenvalue weighted by Crippen LogP contribution is 2.25. The number of aromatic nitrogens is 1. The van der Waals surface area contributed by atoms with E-state index in [1.165, 1.54) is 6.07 Å². The average molecular weight is 331 g/mol. The molecule has 0 bridgehead atoms. The molecule has 3 aromatic rings. The molecule has 0 amide bonds. The lowest BCUT2D eigenvalue weighted by Gasteiger charge is -2.13. The second-order valence-corrected chi connectivity index (χ2v) is 5.47. The van der Waals surface area contributed by atoms with Crippen molar-refractivity contribution in [1.29, 1.82) is 0 Å². The maximum Gasteiger partial charge on any atom is 0.137 e. The van der Waals surface area contributed by atoms with Crippen molar-refractivity contribution in [1.82, 2.24) is 4.98 Å². The lowest BCUT2D eigenvalue weighted by atomic mass is 10.00. The first-order chi connectivity index (χ1) is 9.65. The zero-order valence-corrected chi connectivity index (χ0v) is 12.1. The maximum atomic E-state index is 13.3. The number of halogens is 2. The molecule has 0 saturated heterocycles. The first kappa shape index (κ1) is 13.2. The van der Waals surface area contributed by atoms with Gasteiger partial charge in [-0.3, -0.25) is 4.98 Å². The van der Waals surface area contributed by atoms with E-state index in [9.17, 15) is 4.39 Å². The minimum Gasteiger partial charge on any atom is -0.320 e. The van der Waals surface area contributed by atoms with Crippen molar-refractivity contribution in [2.45, 2.75) is 6.04 Å². The van der Waals surface area contributed by atoms with E-state index in [4.69, 9.17) is 5.73 Å². The average Bonchev–Trinajstić information content (AvgIpc) is 2.49. The summed E-state index contributed by atoms with van der Waals surface area (Å²) in [5.74, 6) is -0.294. The topological polar surface area (TPSA) is 38.9 Å². The molecular formula is C16H12BrFN2. The van der Waals surface area contributed by atoms with Crippen LogP contribution in [0.4, 0.5) is 4.39 Å². The van der Waals surface area contributed by atoms with Crippen molar-refractivity contribution in [3.63, 3.8) is 0 Å². The van der Waals surface area contributed by atoms with Gasteiger partial charge in [0.1, 0.15) is 5.82 Å². The normalized spacial score (nSPS) is 12.6. The molecule has 2 nitrogen and oxygen atoms in total. The Balaban J connectivity index is 2.02. The van der Waals surface area contributed by atoms with Crippen molar-refractivity contribution in [2.75, 3.05) is 0 Å². The van der Waals surface area contributed by atoms with Gasteiger partial charge in [0, 0.05) is 11.6 Å². The van der Waals surface area contributed by atoms with Gasteiger partial charge in [0.05, 0.1) is 16.0 Å². The summed E-state index contributed by atoms with van der Waals surface area (Å²) >= 11 is 3.18. The molecule has 0 spiro atoms. The Kier molecular flexibility index (Phi) is 3.51. The Morgan fingerprint density at radius 2 is 1.85 bits per heavy atom. The quantitative estimate of drug-likeness (QED) is 0.765. The first-order valence-electron chi connectivity index (χ1n) is 6.20. The van der Waals surface area contributed by atoms with Crippen LogP contribution in [0.2, 0.25) is 0 Å². The molecule has 0 aliphatic heterocycles. The van der Waals surface area contributed by atoms with Gasteiger partial charge in [-0.25, -0.2) is 4.39 Å². The molecule has 0 aliphatic rings. The molecular weight excluding hydrogens is 319 g/mol. The van der Waals surface area contributed by atoms with Gasteiger partial charge in [0.25, 0.3) is 0 Å². The van der Waals surface area contributed by atoms with E-state index in [0.717, 1.165) is 22.0 Å². The van der Waals surface area contributed by atoms with Crippen LogP contribution in [0, 0.1) is 5.82 Å². The predicted molar refractivity (Wildman–Crippen MR) is 81.9 cm³/mol. The smallest absolute Gasteiger partial charge is 0.137 e. The number of hydrogen-bond donors (Lipinski definition) is 1. The van der Waals surface area contributed by atoms with E-state index in [2.05, 4.69) is 20.9 Å². The molecule has 0 fully saturated rings. The molecule has 2 aromatic carbocycles. The number of nitrogens with zero attached hydrogens (tertiary/aromatic N) is 1. The highest BCUT2D eigenvalue weighted by atomic mass is 79.9. The summed E-state index contributed by atoms with van der Waals surface area (Å²) in [4.78, 5) is 4.40. The summed E-state index contributed by atoms with van der Waals surface area (Å²) in [6.07, 6.45) is 1.77. The van der Waals surface area contributed by atoms with Crippen LogP contribution in [0.25, 0.3) is 10.9 Å². The Morgan fingerprint density at radius 1 is 1.05 bits per heavy atom. The summed E-state index contributed by atoms with van der Waals surface area (Å²) < 4.78 is 13.7. The minimum absolute atomic E-state index is 0.294. The summed E-state index contributed by atoms with van der Waals surface area (Å²) in [5, 5.41) is 1.04. The molecule has 0 aliphatic carbocycles.